The topological polar surface area (TPSA) is 40.6 Å². The lowest BCUT2D eigenvalue weighted by atomic mass is 9.98. The van der Waals surface area contributed by atoms with E-state index in [1.807, 2.05) is 13.8 Å². The number of amides is 1. The van der Waals surface area contributed by atoms with Gasteiger partial charge in [0.15, 0.2) is 5.78 Å². The summed E-state index contributed by atoms with van der Waals surface area (Å²) in [6.45, 7) is 6.59. The van der Waals surface area contributed by atoms with Crippen LogP contribution in [0.4, 0.5) is 0 Å². The van der Waals surface area contributed by atoms with Gasteiger partial charge in [-0.2, -0.15) is 0 Å². The largest absolute Gasteiger partial charge is 0.330 e. The predicted octanol–water partition coefficient (Wildman–Crippen LogP) is 1.30. The van der Waals surface area contributed by atoms with Crippen LogP contribution >= 0.6 is 0 Å². The Morgan fingerprint density at radius 2 is 2.11 bits per heavy atom. The third-order valence-corrected chi connectivity index (χ3v) is 4.48. The summed E-state index contributed by atoms with van der Waals surface area (Å²) in [5.74, 6) is 0.997. The van der Waals surface area contributed by atoms with Crippen LogP contribution in [0.1, 0.15) is 39.5 Å². The van der Waals surface area contributed by atoms with Gasteiger partial charge in [-0.1, -0.05) is 0 Å². The van der Waals surface area contributed by atoms with Gasteiger partial charge < -0.3 is 9.80 Å². The first-order valence-corrected chi connectivity index (χ1v) is 6.93. The lowest BCUT2D eigenvalue weighted by Crippen LogP contribution is -2.46. The molecule has 0 aromatic carbocycles. The van der Waals surface area contributed by atoms with Gasteiger partial charge in [0.2, 0.25) is 5.91 Å². The van der Waals surface area contributed by atoms with Gasteiger partial charge in [-0.3, -0.25) is 9.59 Å². The predicted molar refractivity (Wildman–Crippen MR) is 70.3 cm³/mol. The van der Waals surface area contributed by atoms with Crippen LogP contribution < -0.4 is 0 Å². The van der Waals surface area contributed by atoms with Gasteiger partial charge in [0.05, 0.1) is 5.54 Å². The summed E-state index contributed by atoms with van der Waals surface area (Å²) >= 11 is 0. The zero-order valence-electron chi connectivity index (χ0n) is 11.7. The second-order valence-corrected chi connectivity index (χ2v) is 6.23. The summed E-state index contributed by atoms with van der Waals surface area (Å²) in [5, 5.41) is 0. The Morgan fingerprint density at radius 3 is 2.61 bits per heavy atom. The molecule has 0 saturated carbocycles. The molecule has 102 valence electrons. The van der Waals surface area contributed by atoms with Crippen LogP contribution in [0.5, 0.6) is 0 Å². The molecule has 1 amide bonds. The Balaban J connectivity index is 1.83. The van der Waals surface area contributed by atoms with Crippen molar-refractivity contribution in [3.8, 4) is 0 Å². The van der Waals surface area contributed by atoms with E-state index < -0.39 is 5.54 Å². The van der Waals surface area contributed by atoms with E-state index in [-0.39, 0.29) is 11.7 Å². The van der Waals surface area contributed by atoms with Gasteiger partial charge in [-0.25, -0.2) is 0 Å². The molecule has 2 fully saturated rings. The number of carbonyl (C=O) groups is 2. The maximum atomic E-state index is 12.2. The zero-order valence-corrected chi connectivity index (χ0v) is 11.7. The maximum absolute atomic E-state index is 12.2. The van der Waals surface area contributed by atoms with Crippen molar-refractivity contribution in [2.75, 3.05) is 26.7 Å². The van der Waals surface area contributed by atoms with Gasteiger partial charge in [-0.05, 0) is 46.2 Å². The van der Waals surface area contributed by atoms with Crippen LogP contribution in [-0.4, -0.2) is 53.7 Å². The first-order chi connectivity index (χ1) is 8.41. The van der Waals surface area contributed by atoms with Crippen molar-refractivity contribution in [3.63, 3.8) is 0 Å². The molecule has 0 radical (unpaired) electrons. The van der Waals surface area contributed by atoms with Crippen molar-refractivity contribution in [3.05, 3.63) is 0 Å². The van der Waals surface area contributed by atoms with Crippen LogP contribution in [0.2, 0.25) is 0 Å². The average molecular weight is 252 g/mol. The second-order valence-electron chi connectivity index (χ2n) is 6.23. The fourth-order valence-corrected chi connectivity index (χ4v) is 3.11. The van der Waals surface area contributed by atoms with Gasteiger partial charge >= 0.3 is 0 Å². The monoisotopic (exact) mass is 252 g/mol. The molecule has 4 nitrogen and oxygen atoms in total. The van der Waals surface area contributed by atoms with Crippen LogP contribution in [0.15, 0.2) is 0 Å². The molecule has 2 rings (SSSR count). The smallest absolute Gasteiger partial charge is 0.223 e. The summed E-state index contributed by atoms with van der Waals surface area (Å²) in [5.41, 5.74) is -0.580. The van der Waals surface area contributed by atoms with Gasteiger partial charge in [0.25, 0.3) is 0 Å². The molecule has 4 heteroatoms. The Morgan fingerprint density at radius 1 is 1.39 bits per heavy atom. The molecular weight excluding hydrogens is 228 g/mol. The number of ketones is 1. The zero-order chi connectivity index (χ0) is 13.3. The molecule has 0 spiro atoms. The third kappa shape index (κ3) is 2.58. The third-order valence-electron chi connectivity index (χ3n) is 4.48. The molecule has 1 atom stereocenters. The van der Waals surface area contributed by atoms with E-state index >= 15 is 0 Å². The number of nitrogens with zero attached hydrogens (tertiary/aromatic N) is 2. The highest BCUT2D eigenvalue weighted by Gasteiger charge is 2.42. The Hall–Kier alpha value is -0.900. The van der Waals surface area contributed by atoms with E-state index in [1.165, 1.54) is 6.42 Å². The Kier molecular flexibility index (Phi) is 3.76. The summed E-state index contributed by atoms with van der Waals surface area (Å²) in [6, 6.07) is 0. The number of hydrogen-bond acceptors (Lipinski definition) is 3. The molecule has 2 heterocycles. The quantitative estimate of drug-likeness (QED) is 0.760. The fourth-order valence-electron chi connectivity index (χ4n) is 3.11. The molecule has 2 aliphatic heterocycles. The van der Waals surface area contributed by atoms with E-state index in [0.717, 1.165) is 19.5 Å². The van der Waals surface area contributed by atoms with Crippen LogP contribution in [0.3, 0.4) is 0 Å². The van der Waals surface area contributed by atoms with E-state index in [9.17, 15) is 9.59 Å². The Labute approximate surface area is 109 Å². The summed E-state index contributed by atoms with van der Waals surface area (Å²) in [6.07, 6.45) is 3.27. The fraction of sp³-hybridized carbons (Fsp3) is 0.857. The first kappa shape index (κ1) is 13.5. The standard InChI is InChI=1S/C14H24N2O2/c1-14(2)12(17)7-9-16(14)13(18)5-4-11-6-8-15(3)10-11/h11H,4-10H2,1-3H3. The van der Waals surface area contributed by atoms with Crippen LogP contribution in [0.25, 0.3) is 0 Å². The van der Waals surface area contributed by atoms with Gasteiger partial charge in [0, 0.05) is 25.9 Å². The van der Waals surface area contributed by atoms with Crippen molar-refractivity contribution in [2.45, 2.75) is 45.1 Å². The van der Waals surface area contributed by atoms with E-state index in [0.29, 0.717) is 25.3 Å². The van der Waals surface area contributed by atoms with Crippen LogP contribution in [-0.2, 0) is 9.59 Å². The first-order valence-electron chi connectivity index (χ1n) is 6.93. The minimum Gasteiger partial charge on any atom is -0.330 e. The van der Waals surface area contributed by atoms with E-state index in [2.05, 4.69) is 11.9 Å². The number of rotatable bonds is 3. The normalized spacial score (nSPS) is 28.1. The molecule has 0 bridgehead atoms. The van der Waals surface area contributed by atoms with Crippen LogP contribution in [0, 0.1) is 5.92 Å². The highest BCUT2D eigenvalue weighted by atomic mass is 16.2. The van der Waals surface area contributed by atoms with Gasteiger partial charge in [0.1, 0.15) is 0 Å². The minimum atomic E-state index is -0.580. The molecule has 0 aromatic heterocycles. The van der Waals surface area contributed by atoms with E-state index in [4.69, 9.17) is 0 Å². The molecule has 2 saturated heterocycles. The maximum Gasteiger partial charge on any atom is 0.223 e. The molecular formula is C14H24N2O2. The molecule has 2 aliphatic rings. The molecule has 1 unspecified atom stereocenters. The van der Waals surface area contributed by atoms with Crippen molar-refractivity contribution in [1.29, 1.82) is 0 Å². The van der Waals surface area contributed by atoms with Crippen molar-refractivity contribution in [2.24, 2.45) is 5.92 Å². The summed E-state index contributed by atoms with van der Waals surface area (Å²) in [7, 11) is 2.13. The minimum absolute atomic E-state index is 0.153. The number of Topliss-reactive ketones (excluding diaryl/α,β-unsaturated/α-hetero) is 1. The lowest BCUT2D eigenvalue weighted by molar-refractivity contribution is -0.139. The molecule has 0 N–H and O–H groups in total. The van der Waals surface area contributed by atoms with Crippen molar-refractivity contribution in [1.82, 2.24) is 9.80 Å². The number of hydrogen-bond donors (Lipinski definition) is 0. The van der Waals surface area contributed by atoms with Crippen molar-refractivity contribution < 1.29 is 9.59 Å². The lowest BCUT2D eigenvalue weighted by Gasteiger charge is -2.30. The average Bonchev–Trinajstić information content (AvgIpc) is 2.82. The van der Waals surface area contributed by atoms with E-state index in [1.54, 1.807) is 4.90 Å². The summed E-state index contributed by atoms with van der Waals surface area (Å²) in [4.78, 5) is 28.0. The highest BCUT2D eigenvalue weighted by molar-refractivity contribution is 5.95. The molecule has 0 aromatic rings. The number of carbonyl (C=O) groups excluding carboxylic acids is 2. The second kappa shape index (κ2) is 5.00. The number of likely N-dealkylation sites (tertiary alicyclic amines) is 2. The van der Waals surface area contributed by atoms with Crippen molar-refractivity contribution >= 4 is 11.7 Å². The summed E-state index contributed by atoms with van der Waals surface area (Å²) < 4.78 is 0. The highest BCUT2D eigenvalue weighted by Crippen LogP contribution is 2.27. The molecule has 18 heavy (non-hydrogen) atoms. The van der Waals surface area contributed by atoms with Gasteiger partial charge in [-0.15, -0.1) is 0 Å². The SMILES string of the molecule is CN1CCC(CCC(=O)N2CCC(=O)C2(C)C)C1. The Bertz CT molecular complexity index is 352. The molecule has 0 aliphatic carbocycles.